The first-order chi connectivity index (χ1) is 16.8. The molecule has 8 atom stereocenters. The fourth-order valence-corrected chi connectivity index (χ4v) is 5.27. The van der Waals surface area contributed by atoms with Gasteiger partial charge in [0.25, 0.3) is 0 Å². The summed E-state index contributed by atoms with van der Waals surface area (Å²) in [6, 6.07) is 0. The molecule has 19 nitrogen and oxygen atoms in total. The highest BCUT2D eigenvalue weighted by Gasteiger charge is 2.47. The summed E-state index contributed by atoms with van der Waals surface area (Å²) in [7, 11) is -10.8. The van der Waals surface area contributed by atoms with E-state index in [9.17, 15) is 39.5 Å². The van der Waals surface area contributed by atoms with Crippen LogP contribution in [0.4, 0.5) is 5.82 Å². The molecule has 1 aliphatic heterocycles. The molecule has 2 aromatic heterocycles. The lowest BCUT2D eigenvalue weighted by molar-refractivity contribution is -0.127. The van der Waals surface area contributed by atoms with Crippen molar-refractivity contribution in [1.29, 1.82) is 0 Å². The molecule has 9 N–H and O–H groups in total. The van der Waals surface area contributed by atoms with Crippen molar-refractivity contribution in [2.45, 2.75) is 42.9 Å². The van der Waals surface area contributed by atoms with E-state index in [-0.39, 0.29) is 23.3 Å². The second kappa shape index (κ2) is 11.2. The Hall–Kier alpha value is -1.96. The van der Waals surface area contributed by atoms with Crippen LogP contribution < -0.4 is 5.73 Å². The van der Waals surface area contributed by atoms with E-state index >= 15 is 0 Å². The lowest BCUT2D eigenvalue weighted by Crippen LogP contribution is -2.40. The van der Waals surface area contributed by atoms with Gasteiger partial charge in [-0.2, -0.15) is 4.31 Å². The van der Waals surface area contributed by atoms with Gasteiger partial charge in [0, 0.05) is 0 Å². The average molecular weight is 559 g/mol. The molecule has 0 spiro atoms. The molecule has 1 saturated heterocycles. The van der Waals surface area contributed by atoms with Gasteiger partial charge in [-0.1, -0.05) is 0 Å². The molecule has 202 valence electrons. The van der Waals surface area contributed by atoms with Gasteiger partial charge in [-0.05, 0) is 0 Å². The maximum atomic E-state index is 12.7. The third kappa shape index (κ3) is 6.48. The number of phosphoric acid groups is 2. The Morgan fingerprint density at radius 3 is 2.47 bits per heavy atom. The van der Waals surface area contributed by atoms with Crippen LogP contribution in [0.25, 0.3) is 11.2 Å². The number of nitrogen functional groups attached to an aromatic ring is 1. The van der Waals surface area contributed by atoms with Crippen molar-refractivity contribution in [2.75, 3.05) is 18.9 Å². The van der Waals surface area contributed by atoms with Crippen LogP contribution >= 0.6 is 15.6 Å². The van der Waals surface area contributed by atoms with Gasteiger partial charge in [-0.25, -0.2) is 24.1 Å². The van der Waals surface area contributed by atoms with Crippen LogP contribution in [0.1, 0.15) is 6.23 Å². The Balaban J connectivity index is 1.72. The molecule has 0 saturated carbocycles. The topological polar surface area (TPSA) is 299 Å². The number of aromatic nitrogens is 4. The van der Waals surface area contributed by atoms with E-state index in [1.54, 1.807) is 0 Å². The minimum absolute atomic E-state index is 0.0345. The number of hydrogen-bond acceptors (Lipinski definition) is 16. The Bertz CT molecular complexity index is 1160. The van der Waals surface area contributed by atoms with Gasteiger partial charge in [0.15, 0.2) is 24.0 Å². The third-order valence-electron chi connectivity index (χ3n) is 4.89. The second-order valence-electron chi connectivity index (χ2n) is 7.42. The number of phosphoric ester groups is 1. The van der Waals surface area contributed by atoms with Crippen molar-refractivity contribution < 1.29 is 67.3 Å². The van der Waals surface area contributed by atoms with Gasteiger partial charge in [0.05, 0.1) is 19.5 Å². The summed E-state index contributed by atoms with van der Waals surface area (Å²) in [4.78, 5) is 40.3. The minimum Gasteiger partial charge on any atom is -0.388 e. The summed E-state index contributed by atoms with van der Waals surface area (Å²) in [5.41, 5.74) is 6.03. The first-order valence-electron chi connectivity index (χ1n) is 9.86. The summed E-state index contributed by atoms with van der Waals surface area (Å²) < 4.78 is 44.2. The highest BCUT2D eigenvalue weighted by molar-refractivity contribution is 7.61. The number of anilines is 1. The molecule has 0 aliphatic carbocycles. The molecule has 3 heterocycles. The van der Waals surface area contributed by atoms with Crippen LogP contribution in [0.5, 0.6) is 0 Å². The predicted octanol–water partition coefficient (Wildman–Crippen LogP) is -3.44. The lowest BCUT2D eigenvalue weighted by Gasteiger charge is -2.24. The molecular weight excluding hydrogens is 536 g/mol. The minimum atomic E-state index is -5.52. The number of aliphatic hydroxyl groups is 5. The highest BCUT2D eigenvalue weighted by Crippen LogP contribution is 2.61. The second-order valence-corrected chi connectivity index (χ2v) is 10.5. The quantitative estimate of drug-likeness (QED) is 0.0926. The Kier molecular flexibility index (Phi) is 8.90. The van der Waals surface area contributed by atoms with Crippen molar-refractivity contribution in [3.8, 4) is 0 Å². The maximum absolute atomic E-state index is 12.7. The number of carbonyl (C=O) groups excluding carboxylic acids is 1. The van der Waals surface area contributed by atoms with E-state index < -0.39 is 71.7 Å². The first kappa shape index (κ1) is 28.6. The highest BCUT2D eigenvalue weighted by atomic mass is 31.3. The normalized spacial score (nSPS) is 27.0. The van der Waals surface area contributed by atoms with Gasteiger partial charge in [0.1, 0.15) is 48.5 Å². The van der Waals surface area contributed by atoms with Gasteiger partial charge in [-0.15, -0.1) is 0 Å². The summed E-state index contributed by atoms with van der Waals surface area (Å²) in [6.45, 7) is -2.10. The number of fused-ring (bicyclic) bond motifs is 1. The van der Waals surface area contributed by atoms with E-state index in [1.807, 2.05) is 0 Å². The Morgan fingerprint density at radius 1 is 1.14 bits per heavy atom. The SMILES string of the molecule is Nc1ncnc2c1ncn2[C@@H]1O[C@H](COP(=O)(OC[C@@H](O)[C@@H](O)[C@@H](O)C=O)OP(=O)(O)O)[C@@H](O)[C@H]1O. The third-order valence-corrected chi connectivity index (χ3v) is 7.47. The van der Waals surface area contributed by atoms with Crippen LogP contribution in [0.15, 0.2) is 12.7 Å². The van der Waals surface area contributed by atoms with Crippen LogP contribution in [0.2, 0.25) is 0 Å². The molecule has 0 radical (unpaired) electrons. The zero-order valence-corrected chi connectivity index (χ0v) is 19.7. The van der Waals surface area contributed by atoms with E-state index in [0.717, 1.165) is 6.33 Å². The van der Waals surface area contributed by atoms with E-state index in [4.69, 9.17) is 24.8 Å². The number of imidazole rings is 1. The molecule has 0 amide bonds. The van der Waals surface area contributed by atoms with Crippen LogP contribution in [0.3, 0.4) is 0 Å². The van der Waals surface area contributed by atoms with Crippen molar-refractivity contribution in [1.82, 2.24) is 19.5 Å². The molecule has 1 aliphatic rings. The number of hydrogen-bond donors (Lipinski definition) is 8. The predicted molar refractivity (Wildman–Crippen MR) is 112 cm³/mol. The molecule has 36 heavy (non-hydrogen) atoms. The summed E-state index contributed by atoms with van der Waals surface area (Å²) >= 11 is 0. The number of nitrogens with zero attached hydrogens (tertiary/aromatic N) is 4. The number of rotatable bonds is 12. The summed E-state index contributed by atoms with van der Waals surface area (Å²) in [6.07, 6.45) is -10.1. The maximum Gasteiger partial charge on any atom is 0.483 e. The molecule has 1 fully saturated rings. The standard InChI is InChI=1S/C15H23N5O14P2/c16-13-9-14(18-4-17-13)20(5-19-9)15-12(26)11(25)8(33-15)3-32-36(30,34-35(27,28)29)31-2-7(23)10(24)6(22)1-21/h1,4-8,10-12,15,22-26H,2-3H2,(H2,16,17,18)(H2,27,28,29)/t6-,7+,8+,10-,11+,12+,15+,36?/m0/s1. The van der Waals surface area contributed by atoms with Crippen molar-refractivity contribution in [3.05, 3.63) is 12.7 Å². The van der Waals surface area contributed by atoms with Gasteiger partial charge < -0.3 is 50.6 Å². The molecule has 2 aromatic rings. The van der Waals surface area contributed by atoms with Crippen LogP contribution in [-0.4, -0.2) is 111 Å². The van der Waals surface area contributed by atoms with Gasteiger partial charge >= 0.3 is 15.6 Å². The van der Waals surface area contributed by atoms with Crippen molar-refractivity contribution >= 4 is 38.9 Å². The number of ether oxygens (including phenoxy) is 1. The van der Waals surface area contributed by atoms with E-state index in [1.165, 1.54) is 10.9 Å². The number of carbonyl (C=O) groups is 1. The monoisotopic (exact) mass is 559 g/mol. The molecular formula is C15H23N5O14P2. The average Bonchev–Trinajstić information content (AvgIpc) is 3.36. The number of nitrogens with two attached hydrogens (primary N) is 1. The lowest BCUT2D eigenvalue weighted by atomic mass is 10.1. The van der Waals surface area contributed by atoms with Crippen molar-refractivity contribution in [3.63, 3.8) is 0 Å². The number of aliphatic hydroxyl groups excluding tert-OH is 5. The molecule has 21 heteroatoms. The van der Waals surface area contributed by atoms with Gasteiger partial charge in [-0.3, -0.25) is 13.6 Å². The molecule has 0 aromatic carbocycles. The van der Waals surface area contributed by atoms with E-state index in [0.29, 0.717) is 0 Å². The largest absolute Gasteiger partial charge is 0.483 e. The van der Waals surface area contributed by atoms with Gasteiger partial charge in [0.2, 0.25) is 0 Å². The fourth-order valence-electron chi connectivity index (χ4n) is 3.11. The van der Waals surface area contributed by atoms with Crippen molar-refractivity contribution in [2.24, 2.45) is 0 Å². The fraction of sp³-hybridized carbons (Fsp3) is 0.600. The molecule has 1 unspecified atom stereocenters. The summed E-state index contributed by atoms with van der Waals surface area (Å²) in [5.74, 6) is 0.0345. The Morgan fingerprint density at radius 2 is 1.83 bits per heavy atom. The van der Waals surface area contributed by atoms with Crippen LogP contribution in [0, 0.1) is 0 Å². The zero-order chi connectivity index (χ0) is 26.8. The number of aldehydes is 1. The molecule has 0 bridgehead atoms. The smallest absolute Gasteiger partial charge is 0.388 e. The first-order valence-corrected chi connectivity index (χ1v) is 12.9. The Labute approximate surface area is 200 Å². The van der Waals surface area contributed by atoms with E-state index in [2.05, 4.69) is 23.8 Å². The summed E-state index contributed by atoms with van der Waals surface area (Å²) in [5, 5.41) is 49.3. The zero-order valence-electron chi connectivity index (χ0n) is 17.9. The molecule has 3 rings (SSSR count). The van der Waals surface area contributed by atoms with Crippen LogP contribution in [-0.2, 0) is 32.0 Å².